The first-order valence-corrected chi connectivity index (χ1v) is 8.56. The van der Waals surface area contributed by atoms with Gasteiger partial charge in [-0.05, 0) is 50.3 Å². The normalized spacial score (nSPS) is 16.5. The van der Waals surface area contributed by atoms with Crippen molar-refractivity contribution in [3.63, 3.8) is 0 Å². The van der Waals surface area contributed by atoms with E-state index in [0.29, 0.717) is 0 Å². The van der Waals surface area contributed by atoms with E-state index in [0.717, 1.165) is 12.1 Å². The third-order valence-corrected chi connectivity index (χ3v) is 5.67. The Kier molecular flexibility index (Phi) is 4.42. The molecule has 2 aromatic rings. The smallest absolute Gasteiger partial charge is 0.0608 e. The van der Waals surface area contributed by atoms with Crippen LogP contribution >= 0.6 is 11.3 Å². The average molecular weight is 304 g/mol. The van der Waals surface area contributed by atoms with Gasteiger partial charge in [0.25, 0.3) is 0 Å². The van der Waals surface area contributed by atoms with Crippen molar-refractivity contribution in [1.29, 1.82) is 0 Å². The lowest BCUT2D eigenvalue weighted by Gasteiger charge is -2.14. The van der Waals surface area contributed by atoms with Gasteiger partial charge in [-0.1, -0.05) is 6.42 Å². The van der Waals surface area contributed by atoms with Crippen molar-refractivity contribution in [2.24, 2.45) is 12.9 Å². The number of fused-ring (bicyclic) bond motifs is 1. The molecule has 0 fully saturated rings. The quantitative estimate of drug-likeness (QED) is 0.519. The predicted octanol–water partition coefficient (Wildman–Crippen LogP) is 2.81. The van der Waals surface area contributed by atoms with Crippen molar-refractivity contribution in [1.82, 2.24) is 15.2 Å². The molecular formula is C16H24N4S. The molecule has 1 unspecified atom stereocenters. The Bertz CT molecular complexity index is 590. The van der Waals surface area contributed by atoms with Crippen LogP contribution in [-0.2, 0) is 26.3 Å². The van der Waals surface area contributed by atoms with E-state index < -0.39 is 0 Å². The van der Waals surface area contributed by atoms with Crippen LogP contribution in [0.5, 0.6) is 0 Å². The maximum atomic E-state index is 5.83. The van der Waals surface area contributed by atoms with E-state index in [-0.39, 0.29) is 6.04 Å². The molecule has 0 spiro atoms. The fourth-order valence-corrected chi connectivity index (χ4v) is 4.49. The molecule has 0 saturated heterocycles. The van der Waals surface area contributed by atoms with Crippen LogP contribution in [-0.4, -0.2) is 9.78 Å². The predicted molar refractivity (Wildman–Crippen MR) is 87.3 cm³/mol. The van der Waals surface area contributed by atoms with Crippen LogP contribution in [0.3, 0.4) is 0 Å². The Balaban J connectivity index is 1.81. The highest BCUT2D eigenvalue weighted by molar-refractivity contribution is 7.12. The molecule has 114 valence electrons. The van der Waals surface area contributed by atoms with E-state index in [1.165, 1.54) is 42.7 Å². The zero-order valence-electron chi connectivity index (χ0n) is 12.9. The molecular weight excluding hydrogens is 280 g/mol. The van der Waals surface area contributed by atoms with Gasteiger partial charge in [0, 0.05) is 28.9 Å². The number of thiophene rings is 1. The second-order valence-corrected chi connectivity index (χ2v) is 7.15. The number of nitrogens with zero attached hydrogens (tertiary/aromatic N) is 2. The Morgan fingerprint density at radius 1 is 1.33 bits per heavy atom. The van der Waals surface area contributed by atoms with Crippen LogP contribution in [0.25, 0.3) is 0 Å². The van der Waals surface area contributed by atoms with E-state index in [4.69, 9.17) is 5.84 Å². The van der Waals surface area contributed by atoms with Crippen LogP contribution in [0.15, 0.2) is 12.1 Å². The van der Waals surface area contributed by atoms with Crippen LogP contribution in [0, 0.1) is 6.92 Å². The first-order valence-electron chi connectivity index (χ1n) is 7.74. The van der Waals surface area contributed by atoms with Gasteiger partial charge in [0.2, 0.25) is 0 Å². The van der Waals surface area contributed by atoms with Crippen LogP contribution < -0.4 is 11.3 Å². The minimum atomic E-state index is 0.178. The molecule has 2 aromatic heterocycles. The summed E-state index contributed by atoms with van der Waals surface area (Å²) in [5.74, 6) is 5.83. The fourth-order valence-electron chi connectivity index (χ4n) is 3.17. The lowest BCUT2D eigenvalue weighted by Crippen LogP contribution is -2.29. The summed E-state index contributed by atoms with van der Waals surface area (Å²) < 4.78 is 1.96. The lowest BCUT2D eigenvalue weighted by molar-refractivity contribution is 0.537. The number of hydrazine groups is 1. The summed E-state index contributed by atoms with van der Waals surface area (Å²) >= 11 is 1.94. The van der Waals surface area contributed by atoms with Crippen LogP contribution in [0.4, 0.5) is 0 Å². The molecule has 0 saturated carbocycles. The number of nitrogens with one attached hydrogen (secondary N) is 1. The van der Waals surface area contributed by atoms with Crippen LogP contribution in [0.2, 0.25) is 0 Å². The molecule has 5 heteroatoms. The molecule has 1 aliphatic carbocycles. The third kappa shape index (κ3) is 3.20. The first-order chi connectivity index (χ1) is 10.2. The van der Waals surface area contributed by atoms with Gasteiger partial charge in [-0.2, -0.15) is 5.10 Å². The summed E-state index contributed by atoms with van der Waals surface area (Å²) in [5.41, 5.74) is 6.83. The third-order valence-electron chi connectivity index (χ3n) is 4.32. The molecule has 3 N–H and O–H groups in total. The topological polar surface area (TPSA) is 55.9 Å². The second kappa shape index (κ2) is 6.30. The van der Waals surface area contributed by atoms with E-state index >= 15 is 0 Å². The van der Waals surface area contributed by atoms with Gasteiger partial charge in [0.15, 0.2) is 0 Å². The Morgan fingerprint density at radius 2 is 2.14 bits per heavy atom. The molecule has 0 aromatic carbocycles. The number of aryl methyl sites for hydroxylation is 4. The van der Waals surface area contributed by atoms with Crippen molar-refractivity contribution in [3.8, 4) is 0 Å². The van der Waals surface area contributed by atoms with Crippen molar-refractivity contribution in [2.75, 3.05) is 0 Å². The molecule has 0 bridgehead atoms. The van der Waals surface area contributed by atoms with Gasteiger partial charge >= 0.3 is 0 Å². The van der Waals surface area contributed by atoms with E-state index in [2.05, 4.69) is 22.7 Å². The summed E-state index contributed by atoms with van der Waals surface area (Å²) in [4.78, 5) is 2.94. The number of nitrogens with two attached hydrogens (primary N) is 1. The van der Waals surface area contributed by atoms with Crippen molar-refractivity contribution < 1.29 is 0 Å². The summed E-state index contributed by atoms with van der Waals surface area (Å²) in [5, 5.41) is 4.42. The Morgan fingerprint density at radius 3 is 2.86 bits per heavy atom. The van der Waals surface area contributed by atoms with Crippen molar-refractivity contribution in [3.05, 3.63) is 38.8 Å². The molecule has 0 radical (unpaired) electrons. The highest BCUT2D eigenvalue weighted by Crippen LogP contribution is 2.33. The summed E-state index contributed by atoms with van der Waals surface area (Å²) in [6, 6.07) is 4.69. The molecule has 1 aliphatic rings. The summed E-state index contributed by atoms with van der Waals surface area (Å²) in [6.45, 7) is 2.03. The highest BCUT2D eigenvalue weighted by atomic mass is 32.1. The van der Waals surface area contributed by atoms with Gasteiger partial charge in [0.1, 0.15) is 0 Å². The van der Waals surface area contributed by atoms with E-state index in [1.807, 2.05) is 30.0 Å². The van der Waals surface area contributed by atoms with E-state index in [1.54, 1.807) is 10.4 Å². The van der Waals surface area contributed by atoms with Gasteiger partial charge < -0.3 is 0 Å². The first kappa shape index (κ1) is 14.8. The Labute approximate surface area is 130 Å². The number of hydrogen-bond donors (Lipinski definition) is 2. The van der Waals surface area contributed by atoms with Gasteiger partial charge in [0.05, 0.1) is 11.7 Å². The molecule has 2 heterocycles. The average Bonchev–Trinajstić information content (AvgIpc) is 2.92. The molecule has 21 heavy (non-hydrogen) atoms. The molecule has 4 nitrogen and oxygen atoms in total. The molecule has 0 aliphatic heterocycles. The van der Waals surface area contributed by atoms with Gasteiger partial charge in [-0.25, -0.2) is 0 Å². The minimum absolute atomic E-state index is 0.178. The van der Waals surface area contributed by atoms with Crippen molar-refractivity contribution in [2.45, 2.75) is 51.5 Å². The zero-order valence-corrected chi connectivity index (χ0v) is 13.7. The minimum Gasteiger partial charge on any atom is -0.272 e. The maximum absolute atomic E-state index is 5.83. The van der Waals surface area contributed by atoms with Gasteiger partial charge in [-0.3, -0.25) is 16.0 Å². The van der Waals surface area contributed by atoms with E-state index in [9.17, 15) is 0 Å². The SMILES string of the molecule is Cc1cc(CC(NN)c2cc3c(s2)CCCCC3)n(C)n1. The zero-order chi connectivity index (χ0) is 14.8. The van der Waals surface area contributed by atoms with Crippen molar-refractivity contribution >= 4 is 11.3 Å². The van der Waals surface area contributed by atoms with Gasteiger partial charge in [-0.15, -0.1) is 11.3 Å². The standard InChI is InChI=1S/C16H24N4S/c1-11-8-13(20(2)19-11)10-14(18-17)16-9-12-6-4-3-5-7-15(12)21-16/h8-9,14,18H,3-7,10,17H2,1-2H3. The number of hydrogen-bond acceptors (Lipinski definition) is 4. The summed E-state index contributed by atoms with van der Waals surface area (Å²) in [6.07, 6.45) is 7.37. The monoisotopic (exact) mass is 304 g/mol. The maximum Gasteiger partial charge on any atom is 0.0608 e. The summed E-state index contributed by atoms with van der Waals surface area (Å²) in [7, 11) is 2.00. The number of rotatable bonds is 4. The molecule has 3 rings (SSSR count). The highest BCUT2D eigenvalue weighted by Gasteiger charge is 2.19. The fraction of sp³-hybridized carbons (Fsp3) is 0.562. The van der Waals surface area contributed by atoms with Crippen LogP contribution in [0.1, 0.15) is 52.0 Å². The largest absolute Gasteiger partial charge is 0.272 e. The number of aromatic nitrogens is 2. The second-order valence-electron chi connectivity index (χ2n) is 5.98. The molecule has 0 amide bonds. The lowest BCUT2D eigenvalue weighted by atomic mass is 10.1. The Hall–Kier alpha value is -1.17. The molecule has 1 atom stereocenters.